The van der Waals surface area contributed by atoms with Crippen LogP contribution < -0.4 is 9.50 Å². The number of ether oxygens (including phenoxy) is 1. The maximum absolute atomic E-state index is 12.9. The van der Waals surface area contributed by atoms with Gasteiger partial charge in [0.05, 0.1) is 0 Å². The second-order valence-corrected chi connectivity index (χ2v) is 9.89. The van der Waals surface area contributed by atoms with E-state index in [0.29, 0.717) is 5.56 Å². The van der Waals surface area contributed by atoms with Gasteiger partial charge < -0.3 is 14.2 Å². The molecule has 0 spiro atoms. The maximum atomic E-state index is 12.9. The van der Waals surface area contributed by atoms with Gasteiger partial charge in [0.15, 0.2) is 12.4 Å². The molecule has 0 radical (unpaired) electrons. The predicted molar refractivity (Wildman–Crippen MR) is 133 cm³/mol. The Kier molecular flexibility index (Phi) is 8.65. The van der Waals surface area contributed by atoms with Gasteiger partial charge in [-0.05, 0) is 68.5 Å². The minimum Gasteiger partial charge on any atom is -0.452 e. The largest absolute Gasteiger partial charge is 0.452 e. The fraction of sp³-hybridized carbons (Fsp3) is 0.259. The molecule has 0 aromatic heterocycles. The summed E-state index contributed by atoms with van der Waals surface area (Å²) in [7, 11) is -4.19. The number of carbonyl (C=O) groups is 2. The first-order chi connectivity index (χ1) is 16.7. The Morgan fingerprint density at radius 3 is 2.37 bits per heavy atom. The number of para-hydroxylation sites is 1. The van der Waals surface area contributed by atoms with E-state index in [2.05, 4.69) is 5.32 Å². The Bertz CT molecular complexity index is 1290. The van der Waals surface area contributed by atoms with Crippen LogP contribution in [0.2, 0.25) is 0 Å². The highest BCUT2D eigenvalue weighted by atomic mass is 32.2. The van der Waals surface area contributed by atoms with Crippen LogP contribution in [0.3, 0.4) is 0 Å². The molecule has 1 N–H and O–H groups in total. The standard InChI is InChI=1S/C27H29NO6S/c1-19-13-14-20(2)25(17-19)35(31,32)34-24-12-8-7-11-23(24)27(30)33-18-26(29)28-21(3)15-16-22-9-5-4-6-10-22/h4-14,17,21H,15-16,18H2,1-3H3,(H,28,29)/t21-/m1/s1. The molecule has 7 nitrogen and oxygen atoms in total. The Hall–Kier alpha value is -3.65. The molecule has 1 atom stereocenters. The first-order valence-corrected chi connectivity index (χ1v) is 12.7. The van der Waals surface area contributed by atoms with Gasteiger partial charge in [-0.2, -0.15) is 8.42 Å². The van der Waals surface area contributed by atoms with Crippen LogP contribution in [-0.4, -0.2) is 32.9 Å². The van der Waals surface area contributed by atoms with Crippen molar-refractivity contribution >= 4 is 22.0 Å². The number of benzene rings is 3. The zero-order valence-electron chi connectivity index (χ0n) is 20.0. The molecular weight excluding hydrogens is 466 g/mol. The van der Waals surface area contributed by atoms with Crippen molar-refractivity contribution in [2.45, 2.75) is 44.6 Å². The summed E-state index contributed by atoms with van der Waals surface area (Å²) in [4.78, 5) is 24.9. The zero-order chi connectivity index (χ0) is 25.4. The molecule has 3 aromatic carbocycles. The molecule has 0 bridgehead atoms. The Morgan fingerprint density at radius 1 is 0.943 bits per heavy atom. The lowest BCUT2D eigenvalue weighted by atomic mass is 10.1. The number of nitrogens with one attached hydrogen (secondary N) is 1. The fourth-order valence-electron chi connectivity index (χ4n) is 3.47. The van der Waals surface area contributed by atoms with Crippen LogP contribution in [0.1, 0.15) is 40.4 Å². The Morgan fingerprint density at radius 2 is 1.63 bits per heavy atom. The van der Waals surface area contributed by atoms with Crippen LogP contribution in [0.15, 0.2) is 77.7 Å². The molecule has 0 saturated heterocycles. The third-order valence-corrected chi connectivity index (χ3v) is 6.75. The highest BCUT2D eigenvalue weighted by molar-refractivity contribution is 7.87. The van der Waals surface area contributed by atoms with Crippen molar-refractivity contribution in [3.05, 3.63) is 95.1 Å². The van der Waals surface area contributed by atoms with E-state index < -0.39 is 28.6 Å². The van der Waals surface area contributed by atoms with Crippen molar-refractivity contribution in [1.29, 1.82) is 0 Å². The molecule has 0 aliphatic rings. The van der Waals surface area contributed by atoms with E-state index in [1.807, 2.05) is 37.3 Å². The third-order valence-electron chi connectivity index (χ3n) is 5.37. The molecule has 0 aliphatic carbocycles. The smallest absolute Gasteiger partial charge is 0.342 e. The highest BCUT2D eigenvalue weighted by Gasteiger charge is 2.24. The summed E-state index contributed by atoms with van der Waals surface area (Å²) in [6, 6.07) is 20.7. The summed E-state index contributed by atoms with van der Waals surface area (Å²) in [5, 5.41) is 2.80. The van der Waals surface area contributed by atoms with E-state index >= 15 is 0 Å². The fourth-order valence-corrected chi connectivity index (χ4v) is 4.74. The van der Waals surface area contributed by atoms with E-state index in [4.69, 9.17) is 8.92 Å². The monoisotopic (exact) mass is 495 g/mol. The number of esters is 1. The molecule has 0 unspecified atom stereocenters. The van der Waals surface area contributed by atoms with Crippen LogP contribution in [-0.2, 0) is 26.1 Å². The molecule has 35 heavy (non-hydrogen) atoms. The molecule has 184 valence electrons. The first-order valence-electron chi connectivity index (χ1n) is 11.3. The molecule has 1 amide bonds. The van der Waals surface area contributed by atoms with E-state index in [9.17, 15) is 18.0 Å². The van der Waals surface area contributed by atoms with Crippen molar-refractivity contribution in [3.8, 4) is 5.75 Å². The van der Waals surface area contributed by atoms with E-state index in [-0.39, 0.29) is 22.3 Å². The summed E-state index contributed by atoms with van der Waals surface area (Å²) in [5.41, 5.74) is 2.36. The van der Waals surface area contributed by atoms with Crippen molar-refractivity contribution < 1.29 is 26.9 Å². The summed E-state index contributed by atoms with van der Waals surface area (Å²) >= 11 is 0. The number of hydrogen-bond donors (Lipinski definition) is 1. The topological polar surface area (TPSA) is 98.8 Å². The zero-order valence-corrected chi connectivity index (χ0v) is 20.8. The summed E-state index contributed by atoms with van der Waals surface area (Å²) in [6.07, 6.45) is 1.54. The molecule has 0 saturated carbocycles. The highest BCUT2D eigenvalue weighted by Crippen LogP contribution is 2.26. The Labute approximate surface area is 206 Å². The maximum Gasteiger partial charge on any atom is 0.342 e. The first kappa shape index (κ1) is 26.0. The van der Waals surface area contributed by atoms with Crippen LogP contribution in [0.4, 0.5) is 0 Å². The van der Waals surface area contributed by atoms with Crippen LogP contribution in [0.5, 0.6) is 5.75 Å². The lowest BCUT2D eigenvalue weighted by Crippen LogP contribution is -2.36. The van der Waals surface area contributed by atoms with Crippen molar-refractivity contribution in [2.24, 2.45) is 0 Å². The molecular formula is C27H29NO6S. The second-order valence-electron chi connectivity index (χ2n) is 8.37. The quantitative estimate of drug-likeness (QED) is 0.331. The van der Waals surface area contributed by atoms with Gasteiger partial charge >= 0.3 is 16.1 Å². The van der Waals surface area contributed by atoms with Gasteiger partial charge in [-0.15, -0.1) is 0 Å². The lowest BCUT2D eigenvalue weighted by Gasteiger charge is -2.15. The summed E-state index contributed by atoms with van der Waals surface area (Å²) < 4.78 is 36.1. The SMILES string of the molecule is Cc1ccc(C)c(S(=O)(=O)Oc2ccccc2C(=O)OCC(=O)N[C@H](C)CCc2ccccc2)c1. The average Bonchev–Trinajstić information content (AvgIpc) is 2.83. The van der Waals surface area contributed by atoms with Gasteiger partial charge in [0, 0.05) is 6.04 Å². The minimum absolute atomic E-state index is 0.0181. The van der Waals surface area contributed by atoms with Crippen molar-refractivity contribution in [2.75, 3.05) is 6.61 Å². The van der Waals surface area contributed by atoms with Crippen LogP contribution in [0.25, 0.3) is 0 Å². The second kappa shape index (κ2) is 11.7. The van der Waals surface area contributed by atoms with Crippen LogP contribution in [0, 0.1) is 13.8 Å². The van der Waals surface area contributed by atoms with Gasteiger partial charge in [-0.25, -0.2) is 4.79 Å². The van der Waals surface area contributed by atoms with Gasteiger partial charge in [-0.3, -0.25) is 4.79 Å². The van der Waals surface area contributed by atoms with Crippen LogP contribution >= 0.6 is 0 Å². The predicted octanol–water partition coefficient (Wildman–Crippen LogP) is 4.37. The molecule has 3 aromatic rings. The van der Waals surface area contributed by atoms with E-state index in [1.54, 1.807) is 38.1 Å². The summed E-state index contributed by atoms with van der Waals surface area (Å²) in [5.74, 6) is -1.47. The lowest BCUT2D eigenvalue weighted by molar-refractivity contribution is -0.124. The van der Waals surface area contributed by atoms with Crippen molar-refractivity contribution in [1.82, 2.24) is 5.32 Å². The Balaban J connectivity index is 1.59. The van der Waals surface area contributed by atoms with Crippen molar-refractivity contribution in [3.63, 3.8) is 0 Å². The number of aryl methyl sites for hydroxylation is 3. The van der Waals surface area contributed by atoms with E-state index in [1.165, 1.54) is 23.8 Å². The van der Waals surface area contributed by atoms with Gasteiger partial charge in [0.25, 0.3) is 5.91 Å². The molecule has 0 fully saturated rings. The molecule has 0 aliphatic heterocycles. The third kappa shape index (κ3) is 7.42. The average molecular weight is 496 g/mol. The summed E-state index contributed by atoms with van der Waals surface area (Å²) in [6.45, 7) is 4.82. The van der Waals surface area contributed by atoms with Gasteiger partial charge in [0.1, 0.15) is 10.5 Å². The molecule has 0 heterocycles. The van der Waals surface area contributed by atoms with Gasteiger partial charge in [-0.1, -0.05) is 54.6 Å². The molecule has 8 heteroatoms. The molecule has 3 rings (SSSR count). The number of carbonyl (C=O) groups excluding carboxylic acids is 2. The minimum atomic E-state index is -4.19. The van der Waals surface area contributed by atoms with E-state index in [0.717, 1.165) is 18.4 Å². The normalized spacial score (nSPS) is 12.0. The number of amides is 1. The number of hydrogen-bond acceptors (Lipinski definition) is 6. The van der Waals surface area contributed by atoms with Gasteiger partial charge in [0.2, 0.25) is 0 Å². The number of rotatable bonds is 10.